The first-order valence-electron chi connectivity index (χ1n) is 8.93. The number of halogens is 3. The number of hydrogen-bond donors (Lipinski definition) is 2. The third kappa shape index (κ3) is 8.56. The van der Waals surface area contributed by atoms with Crippen LogP contribution in [0.4, 0.5) is 13.2 Å². The van der Waals surface area contributed by atoms with E-state index < -0.39 is 32.6 Å². The van der Waals surface area contributed by atoms with Gasteiger partial charge in [-0.05, 0) is 37.0 Å². The number of aliphatic hydroxyl groups is 1. The van der Waals surface area contributed by atoms with E-state index in [4.69, 9.17) is 10.5 Å². The van der Waals surface area contributed by atoms with Gasteiger partial charge < -0.3 is 15.6 Å². The third-order valence-electron chi connectivity index (χ3n) is 4.24. The number of ether oxygens (including phenoxy) is 1. The number of aryl methyl sites for hydroxylation is 1. The summed E-state index contributed by atoms with van der Waals surface area (Å²) in [6.45, 7) is 1.69. The SMILES string of the molecule is CCCCCCOc1ccc(CCC(N)(CO)COP=O)cc1C(F)(F)F. The molecule has 5 nitrogen and oxygen atoms in total. The van der Waals surface area contributed by atoms with Crippen LogP contribution in [-0.2, 0) is 21.7 Å². The van der Waals surface area contributed by atoms with Crippen molar-refractivity contribution in [3.63, 3.8) is 0 Å². The van der Waals surface area contributed by atoms with Gasteiger partial charge in [0.15, 0.2) is 0 Å². The Morgan fingerprint density at radius 2 is 1.96 bits per heavy atom. The highest BCUT2D eigenvalue weighted by atomic mass is 31.1. The number of benzene rings is 1. The highest BCUT2D eigenvalue weighted by Gasteiger charge is 2.35. The summed E-state index contributed by atoms with van der Waals surface area (Å²) in [5.41, 5.74) is 4.35. The summed E-state index contributed by atoms with van der Waals surface area (Å²) < 4.78 is 60.5. The smallest absolute Gasteiger partial charge is 0.419 e. The lowest BCUT2D eigenvalue weighted by molar-refractivity contribution is -0.139. The molecule has 0 spiro atoms. The Labute approximate surface area is 159 Å². The molecule has 3 N–H and O–H groups in total. The average molecular weight is 409 g/mol. The third-order valence-corrected chi connectivity index (χ3v) is 4.47. The number of nitrogens with two attached hydrogens (primary N) is 1. The van der Waals surface area contributed by atoms with Gasteiger partial charge in [-0.1, -0.05) is 32.3 Å². The number of aliphatic hydroxyl groups excluding tert-OH is 1. The van der Waals surface area contributed by atoms with E-state index in [9.17, 15) is 22.8 Å². The molecule has 1 aromatic carbocycles. The molecule has 27 heavy (non-hydrogen) atoms. The first kappa shape index (κ1) is 23.8. The van der Waals surface area contributed by atoms with Gasteiger partial charge in [0, 0.05) is 0 Å². The van der Waals surface area contributed by atoms with Crippen molar-refractivity contribution in [3.05, 3.63) is 29.3 Å². The molecular weight excluding hydrogens is 382 g/mol. The molecular formula is C18H27F3NO4P. The minimum atomic E-state index is -4.53. The molecule has 0 heterocycles. The molecule has 0 saturated heterocycles. The molecule has 1 atom stereocenters. The molecule has 0 aromatic heterocycles. The van der Waals surface area contributed by atoms with Gasteiger partial charge in [0.1, 0.15) is 5.75 Å². The van der Waals surface area contributed by atoms with Crippen LogP contribution in [0.1, 0.15) is 50.2 Å². The number of alkyl halides is 3. The summed E-state index contributed by atoms with van der Waals surface area (Å²) in [6, 6.07) is 3.93. The minimum Gasteiger partial charge on any atom is -0.493 e. The van der Waals surface area contributed by atoms with Gasteiger partial charge in [-0.25, -0.2) is 4.57 Å². The fraction of sp³-hybridized carbons (Fsp3) is 0.667. The molecule has 1 aromatic rings. The van der Waals surface area contributed by atoms with Crippen molar-refractivity contribution >= 4 is 8.69 Å². The Morgan fingerprint density at radius 1 is 1.22 bits per heavy atom. The first-order valence-corrected chi connectivity index (χ1v) is 9.66. The van der Waals surface area contributed by atoms with E-state index in [2.05, 4.69) is 11.4 Å². The zero-order chi connectivity index (χ0) is 20.3. The molecule has 0 amide bonds. The predicted molar refractivity (Wildman–Crippen MR) is 97.0 cm³/mol. The lowest BCUT2D eigenvalue weighted by atomic mass is 9.93. The molecule has 0 radical (unpaired) electrons. The lowest BCUT2D eigenvalue weighted by Crippen LogP contribution is -2.47. The molecule has 1 unspecified atom stereocenters. The molecule has 0 saturated carbocycles. The van der Waals surface area contributed by atoms with E-state index in [-0.39, 0.29) is 31.8 Å². The molecule has 0 aliphatic rings. The Balaban J connectivity index is 2.81. The highest BCUT2D eigenvalue weighted by molar-refractivity contribution is 7.17. The van der Waals surface area contributed by atoms with Gasteiger partial charge in [0.05, 0.1) is 30.9 Å². The summed E-state index contributed by atoms with van der Waals surface area (Å²) in [7, 11) is -0.567. The van der Waals surface area contributed by atoms with Crippen molar-refractivity contribution < 1.29 is 32.1 Å². The molecule has 0 aliphatic heterocycles. The number of rotatable bonds is 13. The fourth-order valence-corrected chi connectivity index (χ4v) is 2.85. The van der Waals surface area contributed by atoms with Crippen LogP contribution < -0.4 is 10.5 Å². The maximum absolute atomic E-state index is 13.4. The van der Waals surface area contributed by atoms with Gasteiger partial charge in [0.25, 0.3) is 0 Å². The second-order valence-corrected chi connectivity index (χ2v) is 7.01. The maximum atomic E-state index is 13.4. The summed E-state index contributed by atoms with van der Waals surface area (Å²) in [4.78, 5) is 0. The Hall–Kier alpha value is -1.21. The topological polar surface area (TPSA) is 81.8 Å². The Bertz CT molecular complexity index is 586. The van der Waals surface area contributed by atoms with Crippen LogP contribution >= 0.6 is 8.69 Å². The quantitative estimate of drug-likeness (QED) is 0.370. The van der Waals surface area contributed by atoms with E-state index >= 15 is 0 Å². The molecule has 0 fully saturated rings. The average Bonchev–Trinajstić information content (AvgIpc) is 2.64. The maximum Gasteiger partial charge on any atom is 0.419 e. The van der Waals surface area contributed by atoms with Gasteiger partial charge in [-0.2, -0.15) is 13.2 Å². The molecule has 154 valence electrons. The van der Waals surface area contributed by atoms with Crippen molar-refractivity contribution in [2.75, 3.05) is 19.8 Å². The normalized spacial score (nSPS) is 14.3. The monoisotopic (exact) mass is 409 g/mol. The van der Waals surface area contributed by atoms with Crippen molar-refractivity contribution in [1.29, 1.82) is 0 Å². The molecule has 0 aliphatic carbocycles. The second kappa shape index (κ2) is 11.6. The van der Waals surface area contributed by atoms with Crippen LogP contribution in [0.5, 0.6) is 5.75 Å². The summed E-state index contributed by atoms with van der Waals surface area (Å²) in [6.07, 6.45) is -0.466. The first-order chi connectivity index (χ1) is 12.8. The van der Waals surface area contributed by atoms with E-state index in [0.29, 0.717) is 12.0 Å². The van der Waals surface area contributed by atoms with Crippen LogP contribution in [0.2, 0.25) is 0 Å². The van der Waals surface area contributed by atoms with Gasteiger partial charge in [0.2, 0.25) is 0 Å². The van der Waals surface area contributed by atoms with Crippen molar-refractivity contribution in [3.8, 4) is 5.75 Å². The zero-order valence-electron chi connectivity index (χ0n) is 15.4. The molecule has 9 heteroatoms. The van der Waals surface area contributed by atoms with Crippen LogP contribution in [0, 0.1) is 0 Å². The summed E-state index contributed by atoms with van der Waals surface area (Å²) >= 11 is 0. The van der Waals surface area contributed by atoms with Crippen molar-refractivity contribution in [1.82, 2.24) is 0 Å². The Morgan fingerprint density at radius 3 is 2.56 bits per heavy atom. The standard InChI is InChI=1S/C18H27F3NO4P/c1-2-3-4-5-10-25-16-7-6-14(11-15(16)18(19,20)21)8-9-17(22,12-23)13-26-27-24/h6-7,11,23H,2-5,8-10,12-13,22H2,1H3. The summed E-state index contributed by atoms with van der Waals surface area (Å²) in [5, 5.41) is 9.37. The minimum absolute atomic E-state index is 0.167. The van der Waals surface area contributed by atoms with Gasteiger partial charge in [-0.15, -0.1) is 0 Å². The van der Waals surface area contributed by atoms with E-state index in [1.54, 1.807) is 6.07 Å². The predicted octanol–water partition coefficient (Wildman–Crippen LogP) is 4.51. The molecule has 1 rings (SSSR count). The zero-order valence-corrected chi connectivity index (χ0v) is 16.3. The van der Waals surface area contributed by atoms with Crippen LogP contribution in [0.3, 0.4) is 0 Å². The highest BCUT2D eigenvalue weighted by Crippen LogP contribution is 2.37. The summed E-state index contributed by atoms with van der Waals surface area (Å²) in [5.74, 6) is -0.183. The fourth-order valence-electron chi connectivity index (χ4n) is 2.54. The van der Waals surface area contributed by atoms with Crippen LogP contribution in [0.25, 0.3) is 0 Å². The molecule has 0 bridgehead atoms. The van der Waals surface area contributed by atoms with E-state index in [1.165, 1.54) is 6.07 Å². The van der Waals surface area contributed by atoms with Crippen LogP contribution in [0.15, 0.2) is 18.2 Å². The lowest BCUT2D eigenvalue weighted by Gasteiger charge is -2.25. The van der Waals surface area contributed by atoms with Crippen molar-refractivity contribution in [2.24, 2.45) is 5.73 Å². The van der Waals surface area contributed by atoms with E-state index in [1.807, 2.05) is 0 Å². The largest absolute Gasteiger partial charge is 0.493 e. The van der Waals surface area contributed by atoms with Gasteiger partial charge in [-0.3, -0.25) is 4.52 Å². The number of hydrogen-bond acceptors (Lipinski definition) is 5. The van der Waals surface area contributed by atoms with Crippen molar-refractivity contribution in [2.45, 2.75) is 57.2 Å². The Kier molecular flexibility index (Phi) is 10.2. The second-order valence-electron chi connectivity index (χ2n) is 6.61. The van der Waals surface area contributed by atoms with Gasteiger partial charge >= 0.3 is 14.9 Å². The number of unbranched alkanes of at least 4 members (excludes halogenated alkanes) is 3. The van der Waals surface area contributed by atoms with Crippen LogP contribution in [-0.4, -0.2) is 30.5 Å². The van der Waals surface area contributed by atoms with E-state index in [0.717, 1.165) is 25.3 Å².